The van der Waals surface area contributed by atoms with Crippen LogP contribution in [0.1, 0.15) is 63.0 Å². The minimum absolute atomic E-state index is 0.354. The van der Waals surface area contributed by atoms with Gasteiger partial charge in [0.2, 0.25) is 0 Å². The molecule has 1 saturated heterocycles. The average molecular weight is 279 g/mol. The Bertz CT molecular complexity index is 418. The second-order valence-corrected chi connectivity index (χ2v) is 5.58. The Morgan fingerprint density at radius 2 is 2.15 bits per heavy atom. The zero-order valence-corrected chi connectivity index (χ0v) is 13.4. The Morgan fingerprint density at radius 1 is 1.35 bits per heavy atom. The molecule has 1 aromatic heterocycles. The summed E-state index contributed by atoms with van der Waals surface area (Å²) in [7, 11) is 2.05. The first-order valence-corrected chi connectivity index (χ1v) is 8.12. The van der Waals surface area contributed by atoms with Crippen molar-refractivity contribution in [2.45, 2.75) is 71.6 Å². The van der Waals surface area contributed by atoms with E-state index in [1.807, 2.05) is 7.05 Å². The van der Waals surface area contributed by atoms with Crippen molar-refractivity contribution < 1.29 is 4.74 Å². The van der Waals surface area contributed by atoms with Crippen LogP contribution in [0.4, 0.5) is 0 Å². The zero-order chi connectivity index (χ0) is 14.5. The lowest BCUT2D eigenvalue weighted by molar-refractivity contribution is 0.0931. The molecule has 0 saturated carbocycles. The van der Waals surface area contributed by atoms with Gasteiger partial charge < -0.3 is 10.1 Å². The molecule has 4 heteroatoms. The minimum Gasteiger partial charge on any atom is -0.376 e. The Kier molecular flexibility index (Phi) is 5.61. The van der Waals surface area contributed by atoms with Gasteiger partial charge in [0, 0.05) is 23.9 Å². The number of ether oxygens (including phenoxy) is 1. The van der Waals surface area contributed by atoms with Crippen LogP contribution in [0.25, 0.3) is 0 Å². The maximum absolute atomic E-state index is 5.78. The van der Waals surface area contributed by atoms with Gasteiger partial charge in [0.05, 0.1) is 18.3 Å². The van der Waals surface area contributed by atoms with Gasteiger partial charge in [0.1, 0.15) is 0 Å². The maximum atomic E-state index is 5.78. The van der Waals surface area contributed by atoms with Gasteiger partial charge in [-0.15, -0.1) is 0 Å². The molecular weight excluding hydrogens is 250 g/mol. The third-order valence-corrected chi connectivity index (χ3v) is 4.35. The lowest BCUT2D eigenvalue weighted by Gasteiger charge is -2.17. The molecule has 0 bridgehead atoms. The van der Waals surface area contributed by atoms with Crippen LogP contribution in [0, 0.1) is 0 Å². The number of nitrogens with zero attached hydrogens (tertiary/aromatic N) is 2. The lowest BCUT2D eigenvalue weighted by atomic mass is 9.99. The van der Waals surface area contributed by atoms with E-state index in [2.05, 4.69) is 30.8 Å². The van der Waals surface area contributed by atoms with E-state index in [9.17, 15) is 0 Å². The highest BCUT2D eigenvalue weighted by Crippen LogP contribution is 2.27. The van der Waals surface area contributed by atoms with E-state index in [1.165, 1.54) is 29.8 Å². The van der Waals surface area contributed by atoms with Crippen molar-refractivity contribution in [3.63, 3.8) is 0 Å². The van der Waals surface area contributed by atoms with E-state index in [-0.39, 0.29) is 0 Å². The molecule has 1 aromatic rings. The molecular formula is C16H29N3O. The highest BCUT2D eigenvalue weighted by Gasteiger charge is 2.24. The van der Waals surface area contributed by atoms with Crippen molar-refractivity contribution in [1.29, 1.82) is 0 Å². The molecule has 1 N–H and O–H groups in total. The molecule has 2 atom stereocenters. The fourth-order valence-electron chi connectivity index (χ4n) is 3.29. The number of nitrogens with one attached hydrogen (secondary N) is 1. The SMILES string of the molecule is CCc1nn(CC2CCCO2)c(CC)c1C(CC)NC. The Hall–Kier alpha value is -0.870. The van der Waals surface area contributed by atoms with Gasteiger partial charge in [-0.25, -0.2) is 0 Å². The summed E-state index contributed by atoms with van der Waals surface area (Å²) in [6, 6.07) is 0.415. The first-order chi connectivity index (χ1) is 9.74. The van der Waals surface area contributed by atoms with Gasteiger partial charge in [-0.05, 0) is 39.2 Å². The zero-order valence-electron chi connectivity index (χ0n) is 13.4. The highest BCUT2D eigenvalue weighted by molar-refractivity contribution is 5.30. The van der Waals surface area contributed by atoms with Crippen molar-refractivity contribution >= 4 is 0 Å². The lowest BCUT2D eigenvalue weighted by Crippen LogP contribution is -2.20. The van der Waals surface area contributed by atoms with E-state index in [0.29, 0.717) is 12.1 Å². The number of hydrogen-bond donors (Lipinski definition) is 1. The minimum atomic E-state index is 0.354. The van der Waals surface area contributed by atoms with E-state index in [1.54, 1.807) is 0 Å². The largest absolute Gasteiger partial charge is 0.376 e. The summed E-state index contributed by atoms with van der Waals surface area (Å²) in [5.41, 5.74) is 4.07. The molecule has 1 fully saturated rings. The van der Waals surface area contributed by atoms with Crippen LogP contribution in [-0.2, 0) is 24.1 Å². The van der Waals surface area contributed by atoms with Crippen molar-refractivity contribution in [3.05, 3.63) is 17.0 Å². The molecule has 0 aliphatic carbocycles. The Balaban J connectivity index is 2.31. The Morgan fingerprint density at radius 3 is 2.65 bits per heavy atom. The van der Waals surface area contributed by atoms with Crippen molar-refractivity contribution in [2.75, 3.05) is 13.7 Å². The van der Waals surface area contributed by atoms with Crippen molar-refractivity contribution in [2.24, 2.45) is 0 Å². The van der Waals surface area contributed by atoms with Crippen LogP contribution in [0.2, 0.25) is 0 Å². The van der Waals surface area contributed by atoms with E-state index >= 15 is 0 Å². The molecule has 20 heavy (non-hydrogen) atoms. The third kappa shape index (κ3) is 3.07. The summed E-state index contributed by atoms with van der Waals surface area (Å²) in [6.07, 6.45) is 5.85. The van der Waals surface area contributed by atoms with Gasteiger partial charge >= 0.3 is 0 Å². The summed E-state index contributed by atoms with van der Waals surface area (Å²) in [5, 5.41) is 8.32. The van der Waals surface area contributed by atoms with Crippen LogP contribution in [-0.4, -0.2) is 29.5 Å². The summed E-state index contributed by atoms with van der Waals surface area (Å²) in [4.78, 5) is 0. The molecule has 0 aromatic carbocycles. The molecule has 2 unspecified atom stereocenters. The van der Waals surface area contributed by atoms with Crippen LogP contribution in [0.15, 0.2) is 0 Å². The van der Waals surface area contributed by atoms with E-state index < -0.39 is 0 Å². The van der Waals surface area contributed by atoms with Crippen molar-refractivity contribution in [1.82, 2.24) is 15.1 Å². The van der Waals surface area contributed by atoms with Gasteiger partial charge in [-0.1, -0.05) is 20.8 Å². The first kappa shape index (κ1) is 15.5. The second-order valence-electron chi connectivity index (χ2n) is 5.58. The van der Waals surface area contributed by atoms with Crippen LogP contribution < -0.4 is 5.32 Å². The second kappa shape index (κ2) is 7.23. The number of rotatable bonds is 7. The predicted octanol–water partition coefficient (Wildman–Crippen LogP) is 2.86. The quantitative estimate of drug-likeness (QED) is 0.834. The summed E-state index contributed by atoms with van der Waals surface area (Å²) >= 11 is 0. The molecule has 114 valence electrons. The maximum Gasteiger partial charge on any atom is 0.0771 e. The number of hydrogen-bond acceptors (Lipinski definition) is 3. The van der Waals surface area contributed by atoms with Gasteiger partial charge in [-0.3, -0.25) is 4.68 Å². The predicted molar refractivity (Wildman–Crippen MR) is 82.0 cm³/mol. The molecule has 2 heterocycles. The standard InChI is InChI=1S/C16H29N3O/c1-5-13(17-4)16-14(6-2)18-19(15(16)7-3)11-12-9-8-10-20-12/h12-13,17H,5-11H2,1-4H3. The fraction of sp³-hybridized carbons (Fsp3) is 0.812. The molecule has 0 spiro atoms. The normalized spacial score (nSPS) is 20.5. The van der Waals surface area contributed by atoms with Gasteiger partial charge in [-0.2, -0.15) is 5.10 Å². The molecule has 1 aliphatic heterocycles. The topological polar surface area (TPSA) is 39.1 Å². The number of aromatic nitrogens is 2. The Labute approximate surface area is 122 Å². The smallest absolute Gasteiger partial charge is 0.0771 e. The van der Waals surface area contributed by atoms with Crippen molar-refractivity contribution in [3.8, 4) is 0 Å². The van der Waals surface area contributed by atoms with E-state index in [4.69, 9.17) is 9.84 Å². The summed E-state index contributed by atoms with van der Waals surface area (Å²) in [6.45, 7) is 8.49. The van der Waals surface area contributed by atoms with Crippen LogP contribution in [0.3, 0.4) is 0 Å². The average Bonchev–Trinajstić information content (AvgIpc) is 3.08. The summed E-state index contributed by atoms with van der Waals surface area (Å²) in [5.74, 6) is 0. The molecule has 0 radical (unpaired) electrons. The van der Waals surface area contributed by atoms with Gasteiger partial charge in [0.25, 0.3) is 0 Å². The first-order valence-electron chi connectivity index (χ1n) is 8.12. The van der Waals surface area contributed by atoms with Gasteiger partial charge in [0.15, 0.2) is 0 Å². The molecule has 4 nitrogen and oxygen atoms in total. The van der Waals surface area contributed by atoms with Crippen LogP contribution >= 0.6 is 0 Å². The van der Waals surface area contributed by atoms with Crippen LogP contribution in [0.5, 0.6) is 0 Å². The molecule has 2 rings (SSSR count). The monoisotopic (exact) mass is 279 g/mol. The third-order valence-electron chi connectivity index (χ3n) is 4.35. The van der Waals surface area contributed by atoms with E-state index in [0.717, 1.165) is 32.4 Å². The highest BCUT2D eigenvalue weighted by atomic mass is 16.5. The fourth-order valence-corrected chi connectivity index (χ4v) is 3.29. The molecule has 1 aliphatic rings. The number of aryl methyl sites for hydroxylation is 1. The molecule has 0 amide bonds. The summed E-state index contributed by atoms with van der Waals surface area (Å²) < 4.78 is 7.99.